The highest BCUT2D eigenvalue weighted by molar-refractivity contribution is 14.0. The van der Waals surface area contributed by atoms with Gasteiger partial charge in [0.2, 0.25) is 5.91 Å². The second kappa shape index (κ2) is 9.59. The molecule has 2 aromatic rings. The number of hydrogen-bond donors (Lipinski definition) is 2. The van der Waals surface area contributed by atoms with E-state index in [-0.39, 0.29) is 42.5 Å². The van der Waals surface area contributed by atoms with Gasteiger partial charge in [-0.05, 0) is 18.6 Å². The number of aliphatic imine (C=N–C) groups is 1. The molecule has 12 heteroatoms. The van der Waals surface area contributed by atoms with E-state index in [9.17, 15) is 18.0 Å². The number of carbonyl (C=O) groups excluding carboxylic acids is 1. The Kier molecular flexibility index (Phi) is 7.66. The minimum absolute atomic E-state index is 0. The average Bonchev–Trinajstić information content (AvgIpc) is 3.30. The maximum Gasteiger partial charge on any atom is 0.417 e. The number of halogens is 4. The topological polar surface area (TPSA) is 86.9 Å². The van der Waals surface area contributed by atoms with Crippen molar-refractivity contribution in [1.29, 1.82) is 0 Å². The minimum Gasteiger partial charge on any atom is -0.352 e. The lowest BCUT2D eigenvalue weighted by molar-refractivity contribution is -0.137. The van der Waals surface area contributed by atoms with Crippen LogP contribution in [-0.2, 0) is 17.5 Å². The number of guanidine groups is 1. The van der Waals surface area contributed by atoms with Gasteiger partial charge in [0.25, 0.3) is 0 Å². The molecule has 0 aliphatic carbocycles. The van der Waals surface area contributed by atoms with E-state index in [4.69, 9.17) is 0 Å². The molecule has 2 N–H and O–H groups in total. The first-order valence-electron chi connectivity index (χ1n) is 8.97. The second-order valence-corrected chi connectivity index (χ2v) is 6.51. The summed E-state index contributed by atoms with van der Waals surface area (Å²) in [7, 11) is 1.60. The summed E-state index contributed by atoms with van der Waals surface area (Å²) in [6.45, 7) is 3.26. The molecule has 2 aromatic heterocycles. The van der Waals surface area contributed by atoms with Crippen molar-refractivity contribution in [3.8, 4) is 0 Å². The molecule has 0 bridgehead atoms. The number of carbonyl (C=O) groups is 1. The van der Waals surface area contributed by atoms with Crippen LogP contribution in [0.15, 0.2) is 23.3 Å². The molecule has 1 aliphatic rings. The standard InChI is InChI=1S/C17H22F3N7O.HI/c1-3-15(28)26-7-6-12(10-26)23-16(21-2)22-8-14-25-24-13-5-4-11(9-27(13)14)17(18,19)20;/h4-5,9,12H,3,6-8,10H2,1-2H3,(H2,21,22,23);1H. The fourth-order valence-electron chi connectivity index (χ4n) is 3.11. The number of fused-ring (bicyclic) bond motifs is 1. The lowest BCUT2D eigenvalue weighted by atomic mass is 10.3. The molecule has 1 amide bonds. The molecule has 1 saturated heterocycles. The number of alkyl halides is 3. The van der Waals surface area contributed by atoms with Crippen LogP contribution in [0.3, 0.4) is 0 Å². The highest BCUT2D eigenvalue weighted by atomic mass is 127. The van der Waals surface area contributed by atoms with Crippen molar-refractivity contribution in [1.82, 2.24) is 30.1 Å². The Morgan fingerprint density at radius 1 is 1.34 bits per heavy atom. The van der Waals surface area contributed by atoms with E-state index >= 15 is 0 Å². The molecule has 160 valence electrons. The molecule has 0 saturated carbocycles. The van der Waals surface area contributed by atoms with Crippen LogP contribution in [0.25, 0.3) is 5.65 Å². The lowest BCUT2D eigenvalue weighted by Crippen LogP contribution is -2.44. The molecule has 1 unspecified atom stereocenters. The van der Waals surface area contributed by atoms with Crippen LogP contribution in [0.5, 0.6) is 0 Å². The molecule has 1 atom stereocenters. The number of pyridine rings is 1. The SMILES string of the molecule is CCC(=O)N1CCC(NC(=NC)NCc2nnc3ccc(C(F)(F)F)cn23)C1.I. The van der Waals surface area contributed by atoms with Crippen molar-refractivity contribution in [2.45, 2.75) is 38.5 Å². The van der Waals surface area contributed by atoms with Crippen molar-refractivity contribution >= 4 is 41.5 Å². The fraction of sp³-hybridized carbons (Fsp3) is 0.529. The summed E-state index contributed by atoms with van der Waals surface area (Å²) in [5.41, 5.74) is -0.438. The van der Waals surface area contributed by atoms with Gasteiger partial charge in [-0.15, -0.1) is 34.2 Å². The largest absolute Gasteiger partial charge is 0.417 e. The molecule has 1 aliphatic heterocycles. The van der Waals surface area contributed by atoms with Gasteiger partial charge in [-0.1, -0.05) is 6.92 Å². The van der Waals surface area contributed by atoms with Gasteiger partial charge in [0, 0.05) is 38.8 Å². The van der Waals surface area contributed by atoms with E-state index in [1.165, 1.54) is 10.5 Å². The predicted octanol–water partition coefficient (Wildman–Crippen LogP) is 2.04. The van der Waals surface area contributed by atoms with Crippen LogP contribution >= 0.6 is 24.0 Å². The van der Waals surface area contributed by atoms with Crippen molar-refractivity contribution in [2.75, 3.05) is 20.1 Å². The number of amides is 1. The Morgan fingerprint density at radius 3 is 2.76 bits per heavy atom. The van der Waals surface area contributed by atoms with Crippen molar-refractivity contribution in [3.05, 3.63) is 29.7 Å². The first kappa shape index (κ1) is 23.2. The van der Waals surface area contributed by atoms with Crippen molar-refractivity contribution < 1.29 is 18.0 Å². The van der Waals surface area contributed by atoms with Gasteiger partial charge in [0.1, 0.15) is 0 Å². The maximum atomic E-state index is 12.9. The quantitative estimate of drug-likeness (QED) is 0.363. The van der Waals surface area contributed by atoms with E-state index in [0.717, 1.165) is 18.7 Å². The maximum absolute atomic E-state index is 12.9. The highest BCUT2D eigenvalue weighted by Crippen LogP contribution is 2.29. The van der Waals surface area contributed by atoms with Crippen LogP contribution in [-0.4, -0.2) is 57.5 Å². The molecule has 3 heterocycles. The molecule has 29 heavy (non-hydrogen) atoms. The van der Waals surface area contributed by atoms with Gasteiger partial charge in [0.15, 0.2) is 17.4 Å². The number of likely N-dealkylation sites (tertiary alicyclic amines) is 1. The van der Waals surface area contributed by atoms with E-state index in [0.29, 0.717) is 36.9 Å². The Morgan fingerprint density at radius 2 is 2.10 bits per heavy atom. The summed E-state index contributed by atoms with van der Waals surface area (Å²) < 4.78 is 40.1. The first-order chi connectivity index (χ1) is 13.3. The van der Waals surface area contributed by atoms with Gasteiger partial charge in [-0.25, -0.2) is 0 Å². The lowest BCUT2D eigenvalue weighted by Gasteiger charge is -2.18. The zero-order valence-electron chi connectivity index (χ0n) is 16.0. The fourth-order valence-corrected chi connectivity index (χ4v) is 3.11. The molecule has 3 rings (SSSR count). The number of aromatic nitrogens is 3. The van der Waals surface area contributed by atoms with Gasteiger partial charge in [-0.3, -0.25) is 14.2 Å². The third kappa shape index (κ3) is 5.48. The monoisotopic (exact) mass is 525 g/mol. The third-order valence-corrected chi connectivity index (χ3v) is 4.62. The van der Waals surface area contributed by atoms with Crippen molar-refractivity contribution in [3.63, 3.8) is 0 Å². The van der Waals surface area contributed by atoms with E-state index in [2.05, 4.69) is 25.8 Å². The molecule has 0 radical (unpaired) electrons. The average molecular weight is 525 g/mol. The van der Waals surface area contributed by atoms with Crippen LogP contribution < -0.4 is 10.6 Å². The molecular weight excluding hydrogens is 502 g/mol. The summed E-state index contributed by atoms with van der Waals surface area (Å²) in [6.07, 6.45) is -2.19. The zero-order valence-corrected chi connectivity index (χ0v) is 18.4. The third-order valence-electron chi connectivity index (χ3n) is 4.62. The van der Waals surface area contributed by atoms with E-state index in [1.54, 1.807) is 11.9 Å². The number of hydrogen-bond acceptors (Lipinski definition) is 4. The van der Waals surface area contributed by atoms with E-state index in [1.807, 2.05) is 6.92 Å². The molecule has 0 spiro atoms. The predicted molar refractivity (Wildman–Crippen MR) is 112 cm³/mol. The molecule has 1 fully saturated rings. The normalized spacial score (nSPS) is 17.3. The highest BCUT2D eigenvalue weighted by Gasteiger charge is 2.31. The van der Waals surface area contributed by atoms with Crippen LogP contribution in [0.2, 0.25) is 0 Å². The van der Waals surface area contributed by atoms with E-state index < -0.39 is 11.7 Å². The summed E-state index contributed by atoms with van der Waals surface area (Å²) in [4.78, 5) is 17.7. The summed E-state index contributed by atoms with van der Waals surface area (Å²) in [5, 5.41) is 14.1. The van der Waals surface area contributed by atoms with Gasteiger partial charge in [-0.2, -0.15) is 13.2 Å². The Labute approximate surface area is 183 Å². The smallest absolute Gasteiger partial charge is 0.352 e. The van der Waals surface area contributed by atoms with Crippen molar-refractivity contribution in [2.24, 2.45) is 4.99 Å². The number of rotatable bonds is 4. The number of nitrogens with zero attached hydrogens (tertiary/aromatic N) is 5. The number of nitrogens with one attached hydrogen (secondary N) is 2. The first-order valence-corrected chi connectivity index (χ1v) is 8.97. The molecule has 0 aromatic carbocycles. The Balaban J connectivity index is 0.00000300. The van der Waals surface area contributed by atoms with Gasteiger partial charge in [0.05, 0.1) is 12.1 Å². The van der Waals surface area contributed by atoms with Crippen LogP contribution in [0.1, 0.15) is 31.2 Å². The zero-order chi connectivity index (χ0) is 20.3. The molecular formula is C17H23F3IN7O. The van der Waals surface area contributed by atoms with Crippen LogP contribution in [0.4, 0.5) is 13.2 Å². The summed E-state index contributed by atoms with van der Waals surface area (Å²) >= 11 is 0. The van der Waals surface area contributed by atoms with Gasteiger partial charge < -0.3 is 15.5 Å². The second-order valence-electron chi connectivity index (χ2n) is 6.51. The summed E-state index contributed by atoms with van der Waals surface area (Å²) in [5.74, 6) is 0.931. The van der Waals surface area contributed by atoms with Gasteiger partial charge >= 0.3 is 6.18 Å². The minimum atomic E-state index is -4.44. The Hall–Kier alpha value is -2.12. The molecule has 8 nitrogen and oxygen atoms in total. The Bertz CT molecular complexity index is 884. The van der Waals surface area contributed by atoms with Crippen LogP contribution in [0, 0.1) is 0 Å². The summed E-state index contributed by atoms with van der Waals surface area (Å²) in [6, 6.07) is 2.32.